The molecule has 4 nitrogen and oxygen atoms in total. The van der Waals surface area contributed by atoms with E-state index in [0.29, 0.717) is 29.6 Å². The van der Waals surface area contributed by atoms with Crippen LogP contribution >= 0.6 is 11.6 Å². The van der Waals surface area contributed by atoms with Crippen LogP contribution in [-0.2, 0) is 6.54 Å². The third-order valence-corrected chi connectivity index (χ3v) is 4.59. The lowest BCUT2D eigenvalue weighted by Gasteiger charge is -2.35. The maximum Gasteiger partial charge on any atom is 0.287 e. The summed E-state index contributed by atoms with van der Waals surface area (Å²) in [5, 5.41) is 7.89. The predicted octanol–water partition coefficient (Wildman–Crippen LogP) is 3.93. The first-order valence-electron chi connectivity index (χ1n) is 7.81. The molecule has 1 fully saturated rings. The van der Waals surface area contributed by atoms with Crippen molar-refractivity contribution in [2.75, 3.05) is 5.32 Å². The van der Waals surface area contributed by atoms with Crippen LogP contribution in [0, 0.1) is 11.3 Å². The van der Waals surface area contributed by atoms with Crippen LogP contribution in [0.4, 0.5) is 5.69 Å². The molecule has 1 aromatic rings. The molecule has 21 heavy (non-hydrogen) atoms. The first-order valence-corrected chi connectivity index (χ1v) is 8.18. The smallest absolute Gasteiger partial charge is 0.287 e. The van der Waals surface area contributed by atoms with Gasteiger partial charge in [-0.05, 0) is 37.0 Å². The number of halogens is 1. The minimum atomic E-state index is -0.202. The average molecular weight is 312 g/mol. The van der Waals surface area contributed by atoms with E-state index in [2.05, 4.69) is 38.1 Å². The predicted molar refractivity (Wildman–Crippen MR) is 88.0 cm³/mol. The third-order valence-electron chi connectivity index (χ3n) is 4.22. The first-order chi connectivity index (χ1) is 9.78. The van der Waals surface area contributed by atoms with Crippen LogP contribution in [0.5, 0.6) is 0 Å². The van der Waals surface area contributed by atoms with Crippen molar-refractivity contribution < 1.29 is 0 Å². The molecule has 0 atom stereocenters. The summed E-state index contributed by atoms with van der Waals surface area (Å²) in [6.07, 6.45) is 6.29. The molecule has 2 rings (SSSR count). The number of hydrogen-bond acceptors (Lipinski definition) is 3. The minimum absolute atomic E-state index is 0.202. The van der Waals surface area contributed by atoms with Gasteiger partial charge in [-0.2, -0.15) is 5.10 Å². The fourth-order valence-electron chi connectivity index (χ4n) is 2.81. The van der Waals surface area contributed by atoms with Crippen molar-refractivity contribution in [3.8, 4) is 0 Å². The second-order valence-corrected chi connectivity index (χ2v) is 7.71. The lowest BCUT2D eigenvalue weighted by Crippen LogP contribution is -2.32. The van der Waals surface area contributed by atoms with Gasteiger partial charge in [0.05, 0.1) is 11.9 Å². The van der Waals surface area contributed by atoms with Gasteiger partial charge in [0.15, 0.2) is 0 Å². The van der Waals surface area contributed by atoms with Crippen molar-refractivity contribution in [3.63, 3.8) is 0 Å². The molecule has 1 aliphatic rings. The lowest BCUT2D eigenvalue weighted by molar-refractivity contribution is 0.232. The zero-order chi connectivity index (χ0) is 15.6. The van der Waals surface area contributed by atoms with Gasteiger partial charge in [0.25, 0.3) is 5.56 Å². The summed E-state index contributed by atoms with van der Waals surface area (Å²) >= 11 is 6.22. The van der Waals surface area contributed by atoms with Crippen LogP contribution in [0.25, 0.3) is 0 Å². The maximum atomic E-state index is 12.2. The van der Waals surface area contributed by atoms with Crippen LogP contribution < -0.4 is 10.9 Å². The van der Waals surface area contributed by atoms with Crippen molar-refractivity contribution >= 4 is 17.3 Å². The minimum Gasteiger partial charge on any atom is -0.380 e. The van der Waals surface area contributed by atoms with Gasteiger partial charge in [0, 0.05) is 12.6 Å². The molecule has 1 aliphatic carbocycles. The Bertz CT molecular complexity index is 541. The SMILES string of the molecule is CC(C)Cn1ncc(NC2CCC(C)(C)CC2)c(Cl)c1=O. The van der Waals surface area contributed by atoms with E-state index in [9.17, 15) is 4.79 Å². The summed E-state index contributed by atoms with van der Waals surface area (Å²) in [5.41, 5.74) is 0.902. The molecule has 0 saturated heterocycles. The Labute approximate surface area is 131 Å². The zero-order valence-corrected chi connectivity index (χ0v) is 14.2. The highest BCUT2D eigenvalue weighted by Gasteiger charge is 2.27. The highest BCUT2D eigenvalue weighted by molar-refractivity contribution is 6.32. The van der Waals surface area contributed by atoms with Crippen molar-refractivity contribution in [2.45, 2.75) is 66.0 Å². The van der Waals surface area contributed by atoms with Crippen molar-refractivity contribution in [2.24, 2.45) is 11.3 Å². The summed E-state index contributed by atoms with van der Waals surface area (Å²) < 4.78 is 1.45. The first kappa shape index (κ1) is 16.3. The van der Waals surface area contributed by atoms with E-state index in [1.165, 1.54) is 17.5 Å². The molecule has 0 spiro atoms. The van der Waals surface area contributed by atoms with Crippen molar-refractivity contribution in [3.05, 3.63) is 21.6 Å². The molecule has 0 aliphatic heterocycles. The van der Waals surface area contributed by atoms with Gasteiger partial charge in [-0.15, -0.1) is 0 Å². The van der Waals surface area contributed by atoms with Crippen LogP contribution in [0.15, 0.2) is 11.0 Å². The maximum absolute atomic E-state index is 12.2. The Morgan fingerprint density at radius 2 is 2.05 bits per heavy atom. The van der Waals surface area contributed by atoms with E-state index in [0.717, 1.165) is 12.8 Å². The van der Waals surface area contributed by atoms with Gasteiger partial charge in [-0.25, -0.2) is 4.68 Å². The zero-order valence-electron chi connectivity index (χ0n) is 13.4. The van der Waals surface area contributed by atoms with Crippen LogP contribution in [-0.4, -0.2) is 15.8 Å². The summed E-state index contributed by atoms with van der Waals surface area (Å²) in [5.74, 6) is 0.366. The van der Waals surface area contributed by atoms with E-state index >= 15 is 0 Å². The van der Waals surface area contributed by atoms with Gasteiger partial charge >= 0.3 is 0 Å². The number of rotatable bonds is 4. The average Bonchev–Trinajstić information content (AvgIpc) is 2.40. The Balaban J connectivity index is 2.08. The number of aromatic nitrogens is 2. The highest BCUT2D eigenvalue weighted by Crippen LogP contribution is 2.36. The molecule has 0 amide bonds. The Kier molecular flexibility index (Phi) is 4.97. The molecular formula is C16H26ClN3O. The topological polar surface area (TPSA) is 46.9 Å². The van der Waals surface area contributed by atoms with E-state index in [1.54, 1.807) is 6.20 Å². The molecule has 1 N–H and O–H groups in total. The highest BCUT2D eigenvalue weighted by atomic mass is 35.5. The quantitative estimate of drug-likeness (QED) is 0.916. The number of nitrogens with one attached hydrogen (secondary N) is 1. The van der Waals surface area contributed by atoms with E-state index in [4.69, 9.17) is 11.6 Å². The van der Waals surface area contributed by atoms with Crippen LogP contribution in [0.3, 0.4) is 0 Å². The lowest BCUT2D eigenvalue weighted by atomic mass is 9.75. The van der Waals surface area contributed by atoms with E-state index < -0.39 is 0 Å². The molecular weight excluding hydrogens is 286 g/mol. The summed E-state index contributed by atoms with van der Waals surface area (Å²) in [6, 6.07) is 0.387. The fourth-order valence-corrected chi connectivity index (χ4v) is 3.01. The molecule has 0 unspecified atom stereocenters. The second-order valence-electron chi connectivity index (χ2n) is 7.34. The van der Waals surface area contributed by atoms with Crippen LogP contribution in [0.2, 0.25) is 5.02 Å². The molecule has 1 heterocycles. The third kappa shape index (κ3) is 4.22. The Morgan fingerprint density at radius 3 is 2.62 bits per heavy atom. The van der Waals surface area contributed by atoms with Crippen molar-refractivity contribution in [1.29, 1.82) is 0 Å². The van der Waals surface area contributed by atoms with Gasteiger partial charge in [0.1, 0.15) is 5.02 Å². The molecule has 0 bridgehead atoms. The standard InChI is InChI=1S/C16H26ClN3O/c1-11(2)10-20-15(21)14(17)13(9-18-20)19-12-5-7-16(3,4)8-6-12/h9,11-12,19H,5-8,10H2,1-4H3. The monoisotopic (exact) mass is 311 g/mol. The number of hydrogen-bond donors (Lipinski definition) is 1. The van der Waals surface area contributed by atoms with Crippen molar-refractivity contribution in [1.82, 2.24) is 9.78 Å². The van der Waals surface area contributed by atoms with Gasteiger partial charge in [-0.3, -0.25) is 4.79 Å². The molecule has 5 heteroatoms. The van der Waals surface area contributed by atoms with E-state index in [-0.39, 0.29) is 10.6 Å². The van der Waals surface area contributed by atoms with Crippen LogP contribution in [0.1, 0.15) is 53.4 Å². The number of nitrogens with zero attached hydrogens (tertiary/aromatic N) is 2. The second kappa shape index (κ2) is 6.39. The molecule has 0 aromatic carbocycles. The normalized spacial score (nSPS) is 19.0. The Morgan fingerprint density at radius 1 is 1.43 bits per heavy atom. The van der Waals surface area contributed by atoms with Gasteiger partial charge < -0.3 is 5.32 Å². The van der Waals surface area contributed by atoms with E-state index in [1.807, 2.05) is 0 Å². The van der Waals surface area contributed by atoms with Gasteiger partial charge in [-0.1, -0.05) is 39.3 Å². The molecule has 1 saturated carbocycles. The summed E-state index contributed by atoms with van der Waals surface area (Å²) in [7, 11) is 0. The largest absolute Gasteiger partial charge is 0.380 e. The molecule has 1 aromatic heterocycles. The summed E-state index contributed by atoms with van der Waals surface area (Å²) in [6.45, 7) is 9.32. The Hall–Kier alpha value is -1.03. The van der Waals surface area contributed by atoms with Gasteiger partial charge in [0.2, 0.25) is 0 Å². The summed E-state index contributed by atoms with van der Waals surface area (Å²) in [4.78, 5) is 12.2. The molecule has 0 radical (unpaired) electrons. The molecule has 118 valence electrons. The number of anilines is 1. The fraction of sp³-hybridized carbons (Fsp3) is 0.750.